The number of rotatable bonds is 7. The quantitative estimate of drug-likeness (QED) is 0.613. The number of ether oxygens (including phenoxy) is 2. The van der Waals surface area contributed by atoms with Gasteiger partial charge in [0.1, 0.15) is 5.82 Å². The molecular formula is C19H22BrN3O2. The maximum absolute atomic E-state index is 5.98. The molecule has 132 valence electrons. The lowest BCUT2D eigenvalue weighted by atomic mass is 10.1. The van der Waals surface area contributed by atoms with Gasteiger partial charge in [0.05, 0.1) is 30.8 Å². The van der Waals surface area contributed by atoms with Gasteiger partial charge >= 0.3 is 0 Å². The number of nitrogens with one attached hydrogen (secondary N) is 2. The van der Waals surface area contributed by atoms with Crippen LogP contribution in [0.2, 0.25) is 0 Å². The van der Waals surface area contributed by atoms with Crippen molar-refractivity contribution in [3.05, 3.63) is 52.3 Å². The molecule has 0 bridgehead atoms. The van der Waals surface area contributed by atoms with E-state index in [9.17, 15) is 0 Å². The number of aromatic amines is 1. The van der Waals surface area contributed by atoms with E-state index in [1.165, 1.54) is 0 Å². The van der Waals surface area contributed by atoms with Crippen molar-refractivity contribution in [1.82, 2.24) is 15.3 Å². The van der Waals surface area contributed by atoms with Crippen molar-refractivity contribution in [1.29, 1.82) is 0 Å². The van der Waals surface area contributed by atoms with Crippen molar-refractivity contribution in [2.75, 3.05) is 7.11 Å². The molecule has 3 aromatic rings. The van der Waals surface area contributed by atoms with E-state index in [1.54, 1.807) is 7.11 Å². The zero-order valence-corrected chi connectivity index (χ0v) is 16.2. The number of fused-ring (bicyclic) bond motifs is 1. The van der Waals surface area contributed by atoms with Gasteiger partial charge < -0.3 is 19.8 Å². The molecule has 5 nitrogen and oxygen atoms in total. The summed E-state index contributed by atoms with van der Waals surface area (Å²) >= 11 is 3.62. The molecule has 0 atom stereocenters. The molecule has 25 heavy (non-hydrogen) atoms. The van der Waals surface area contributed by atoms with E-state index in [0.29, 0.717) is 13.1 Å². The number of methoxy groups -OCH3 is 1. The summed E-state index contributed by atoms with van der Waals surface area (Å²) in [7, 11) is 1.65. The average Bonchev–Trinajstić information content (AvgIpc) is 3.00. The molecule has 1 heterocycles. The van der Waals surface area contributed by atoms with Crippen molar-refractivity contribution in [2.45, 2.75) is 33.0 Å². The summed E-state index contributed by atoms with van der Waals surface area (Å²) < 4.78 is 12.4. The van der Waals surface area contributed by atoms with E-state index >= 15 is 0 Å². The maximum Gasteiger partial charge on any atom is 0.167 e. The fraction of sp³-hybridized carbons (Fsp3) is 0.316. The first-order chi connectivity index (χ1) is 12.1. The molecule has 0 unspecified atom stereocenters. The number of nitrogens with zero attached hydrogens (tertiary/aromatic N) is 1. The van der Waals surface area contributed by atoms with Crippen LogP contribution in [0.1, 0.15) is 25.2 Å². The van der Waals surface area contributed by atoms with Crippen molar-refractivity contribution in [2.24, 2.45) is 0 Å². The van der Waals surface area contributed by atoms with E-state index in [2.05, 4.69) is 31.2 Å². The molecule has 0 spiro atoms. The van der Waals surface area contributed by atoms with Crippen LogP contribution in [-0.2, 0) is 13.1 Å². The first kappa shape index (κ1) is 17.8. The SMILES string of the molecule is COc1ccc(Br)c(CNCc2nc3ccccc3[nH]2)c1OC(C)C. The Morgan fingerprint density at radius 1 is 1.16 bits per heavy atom. The first-order valence-electron chi connectivity index (χ1n) is 8.25. The molecule has 0 aliphatic heterocycles. The van der Waals surface area contributed by atoms with Gasteiger partial charge in [-0.1, -0.05) is 28.1 Å². The Hall–Kier alpha value is -2.05. The van der Waals surface area contributed by atoms with Crippen LogP contribution in [0.25, 0.3) is 11.0 Å². The van der Waals surface area contributed by atoms with Gasteiger partial charge in [0, 0.05) is 16.6 Å². The third kappa shape index (κ3) is 4.14. The van der Waals surface area contributed by atoms with Crippen LogP contribution in [0.5, 0.6) is 11.5 Å². The molecule has 1 aromatic heterocycles. The molecule has 0 saturated carbocycles. The standard InChI is InChI=1S/C19H22BrN3O2/c1-12(2)25-19-13(14(20)8-9-17(19)24-3)10-21-11-18-22-15-6-4-5-7-16(15)23-18/h4-9,12,21H,10-11H2,1-3H3,(H,22,23). The number of imidazole rings is 1. The van der Waals surface area contributed by atoms with Crippen LogP contribution in [0.3, 0.4) is 0 Å². The summed E-state index contributed by atoms with van der Waals surface area (Å²) in [4.78, 5) is 7.91. The Morgan fingerprint density at radius 2 is 1.96 bits per heavy atom. The Balaban J connectivity index is 1.75. The highest BCUT2D eigenvalue weighted by atomic mass is 79.9. The van der Waals surface area contributed by atoms with Gasteiger partial charge in [0.2, 0.25) is 0 Å². The molecule has 2 N–H and O–H groups in total. The second-order valence-electron chi connectivity index (χ2n) is 6.03. The lowest BCUT2D eigenvalue weighted by Gasteiger charge is -2.19. The maximum atomic E-state index is 5.98. The molecule has 0 radical (unpaired) electrons. The Bertz CT molecular complexity index is 828. The molecule has 0 saturated heterocycles. The van der Waals surface area contributed by atoms with Crippen molar-refractivity contribution < 1.29 is 9.47 Å². The number of H-pyrrole nitrogens is 1. The minimum absolute atomic E-state index is 0.0670. The molecule has 0 amide bonds. The number of benzene rings is 2. The zero-order valence-electron chi connectivity index (χ0n) is 14.6. The molecular weight excluding hydrogens is 382 g/mol. The lowest BCUT2D eigenvalue weighted by Crippen LogP contribution is -2.16. The number of aromatic nitrogens is 2. The van der Waals surface area contributed by atoms with Gasteiger partial charge in [0.25, 0.3) is 0 Å². The molecule has 0 aliphatic rings. The van der Waals surface area contributed by atoms with Gasteiger partial charge in [-0.2, -0.15) is 0 Å². The Labute approximate surface area is 155 Å². The van der Waals surface area contributed by atoms with Crippen LogP contribution in [-0.4, -0.2) is 23.2 Å². The smallest absolute Gasteiger partial charge is 0.167 e. The highest BCUT2D eigenvalue weighted by Gasteiger charge is 2.16. The molecule has 3 rings (SSSR count). The predicted molar refractivity (Wildman–Crippen MR) is 103 cm³/mol. The largest absolute Gasteiger partial charge is 0.493 e. The minimum atomic E-state index is 0.0670. The van der Waals surface area contributed by atoms with Crippen molar-refractivity contribution >= 4 is 27.0 Å². The van der Waals surface area contributed by atoms with E-state index in [1.807, 2.05) is 50.2 Å². The summed E-state index contributed by atoms with van der Waals surface area (Å²) in [5.41, 5.74) is 3.06. The summed E-state index contributed by atoms with van der Waals surface area (Å²) in [5.74, 6) is 2.41. The van der Waals surface area contributed by atoms with Crippen LogP contribution in [0, 0.1) is 0 Å². The summed E-state index contributed by atoms with van der Waals surface area (Å²) in [5, 5.41) is 3.43. The summed E-state index contributed by atoms with van der Waals surface area (Å²) in [6.45, 7) is 5.29. The van der Waals surface area contributed by atoms with E-state index in [-0.39, 0.29) is 6.10 Å². The van der Waals surface area contributed by atoms with E-state index < -0.39 is 0 Å². The van der Waals surface area contributed by atoms with Crippen molar-refractivity contribution in [3.63, 3.8) is 0 Å². The normalized spacial score (nSPS) is 11.2. The van der Waals surface area contributed by atoms with E-state index in [0.717, 1.165) is 38.4 Å². The van der Waals surface area contributed by atoms with E-state index in [4.69, 9.17) is 9.47 Å². The Kier molecular flexibility index (Phi) is 5.60. The van der Waals surface area contributed by atoms with Gasteiger partial charge in [-0.15, -0.1) is 0 Å². The number of hydrogen-bond donors (Lipinski definition) is 2. The third-order valence-corrected chi connectivity index (χ3v) is 4.52. The van der Waals surface area contributed by atoms with Gasteiger partial charge in [-0.25, -0.2) is 4.98 Å². The van der Waals surface area contributed by atoms with Gasteiger partial charge in [0.15, 0.2) is 11.5 Å². The fourth-order valence-corrected chi connectivity index (χ4v) is 3.12. The van der Waals surface area contributed by atoms with Gasteiger partial charge in [-0.05, 0) is 38.1 Å². The Morgan fingerprint density at radius 3 is 2.68 bits per heavy atom. The summed E-state index contributed by atoms with van der Waals surface area (Å²) in [6, 6.07) is 11.9. The second kappa shape index (κ2) is 7.89. The van der Waals surface area contributed by atoms with Crippen LogP contribution < -0.4 is 14.8 Å². The average molecular weight is 404 g/mol. The van der Waals surface area contributed by atoms with Crippen LogP contribution in [0.15, 0.2) is 40.9 Å². The predicted octanol–water partition coefficient (Wildman–Crippen LogP) is 4.41. The van der Waals surface area contributed by atoms with Gasteiger partial charge in [-0.3, -0.25) is 0 Å². The second-order valence-corrected chi connectivity index (χ2v) is 6.88. The number of para-hydroxylation sites is 2. The molecule has 6 heteroatoms. The first-order valence-corrected chi connectivity index (χ1v) is 9.04. The zero-order chi connectivity index (χ0) is 17.8. The number of hydrogen-bond acceptors (Lipinski definition) is 4. The third-order valence-electron chi connectivity index (χ3n) is 3.77. The highest BCUT2D eigenvalue weighted by Crippen LogP contribution is 2.36. The fourth-order valence-electron chi connectivity index (χ4n) is 2.67. The lowest BCUT2D eigenvalue weighted by molar-refractivity contribution is 0.227. The molecule has 0 aliphatic carbocycles. The summed E-state index contributed by atoms with van der Waals surface area (Å²) in [6.07, 6.45) is 0.0670. The molecule has 0 fully saturated rings. The number of halogens is 1. The molecule has 2 aromatic carbocycles. The minimum Gasteiger partial charge on any atom is -0.493 e. The topological polar surface area (TPSA) is 59.2 Å². The highest BCUT2D eigenvalue weighted by molar-refractivity contribution is 9.10. The van der Waals surface area contributed by atoms with Crippen LogP contribution in [0.4, 0.5) is 0 Å². The van der Waals surface area contributed by atoms with Crippen molar-refractivity contribution in [3.8, 4) is 11.5 Å². The van der Waals surface area contributed by atoms with Crippen LogP contribution >= 0.6 is 15.9 Å². The monoisotopic (exact) mass is 403 g/mol.